The van der Waals surface area contributed by atoms with E-state index < -0.39 is 0 Å². The van der Waals surface area contributed by atoms with Crippen LogP contribution in [0.1, 0.15) is 18.4 Å². The highest BCUT2D eigenvalue weighted by atomic mass is 16.5. The van der Waals surface area contributed by atoms with Gasteiger partial charge in [-0.05, 0) is 24.5 Å². The van der Waals surface area contributed by atoms with Gasteiger partial charge in [0, 0.05) is 32.1 Å². The Bertz CT molecular complexity index is 257. The summed E-state index contributed by atoms with van der Waals surface area (Å²) in [6.45, 7) is 2.77. The molecule has 0 amide bonds. The molecule has 1 atom stereocenters. The molecule has 1 fully saturated rings. The first-order valence-electron chi connectivity index (χ1n) is 5.16. The Morgan fingerprint density at radius 2 is 2.57 bits per heavy atom. The predicted octanol–water partition coefficient (Wildman–Crippen LogP) is 1.35. The van der Waals surface area contributed by atoms with Gasteiger partial charge in [0.05, 0.1) is 6.10 Å². The van der Waals surface area contributed by atoms with Crippen molar-refractivity contribution in [3.63, 3.8) is 0 Å². The zero-order valence-corrected chi connectivity index (χ0v) is 8.28. The van der Waals surface area contributed by atoms with E-state index in [1.54, 1.807) is 6.20 Å². The first-order chi connectivity index (χ1) is 6.95. The van der Waals surface area contributed by atoms with Crippen LogP contribution in [0.5, 0.6) is 0 Å². The topological polar surface area (TPSA) is 34.2 Å². The molecule has 1 aliphatic heterocycles. The Kier molecular flexibility index (Phi) is 3.49. The van der Waals surface area contributed by atoms with Crippen LogP contribution in [-0.2, 0) is 11.3 Å². The number of nitrogens with zero attached hydrogens (tertiary/aromatic N) is 1. The summed E-state index contributed by atoms with van der Waals surface area (Å²) in [5, 5.41) is 3.38. The molecule has 1 aromatic rings. The molecular weight excluding hydrogens is 176 g/mol. The number of hydrogen-bond acceptors (Lipinski definition) is 3. The highest BCUT2D eigenvalue weighted by Gasteiger charge is 2.14. The Balaban J connectivity index is 1.67. The van der Waals surface area contributed by atoms with Crippen molar-refractivity contribution in [2.75, 3.05) is 13.2 Å². The second-order valence-corrected chi connectivity index (χ2v) is 3.63. The van der Waals surface area contributed by atoms with Gasteiger partial charge in [0.1, 0.15) is 0 Å². The molecule has 0 aromatic carbocycles. The van der Waals surface area contributed by atoms with Crippen LogP contribution in [0.25, 0.3) is 0 Å². The predicted molar refractivity (Wildman–Crippen MR) is 54.9 cm³/mol. The fourth-order valence-corrected chi connectivity index (χ4v) is 1.69. The summed E-state index contributed by atoms with van der Waals surface area (Å²) in [7, 11) is 0. The zero-order chi connectivity index (χ0) is 9.64. The van der Waals surface area contributed by atoms with Gasteiger partial charge in [-0.25, -0.2) is 0 Å². The standard InChI is InChI=1S/C11H16N2O/c1-3-10(7-12-5-1)8-13-9-11-4-2-6-14-11/h1,3,5,7,11,13H,2,4,6,8-9H2/t11-/m0/s1. The van der Waals surface area contributed by atoms with Crippen molar-refractivity contribution in [1.29, 1.82) is 0 Å². The lowest BCUT2D eigenvalue weighted by Gasteiger charge is -2.10. The minimum Gasteiger partial charge on any atom is -0.377 e. The van der Waals surface area contributed by atoms with Gasteiger partial charge in [-0.3, -0.25) is 4.98 Å². The molecule has 0 unspecified atom stereocenters. The Morgan fingerprint density at radius 3 is 3.29 bits per heavy atom. The third kappa shape index (κ3) is 2.79. The first-order valence-corrected chi connectivity index (χ1v) is 5.16. The molecule has 1 saturated heterocycles. The highest BCUT2D eigenvalue weighted by molar-refractivity contribution is 5.07. The van der Waals surface area contributed by atoms with Gasteiger partial charge < -0.3 is 10.1 Å². The largest absolute Gasteiger partial charge is 0.377 e. The number of rotatable bonds is 4. The van der Waals surface area contributed by atoms with E-state index in [2.05, 4.69) is 16.4 Å². The van der Waals surface area contributed by atoms with Crippen molar-refractivity contribution in [1.82, 2.24) is 10.3 Å². The molecule has 0 saturated carbocycles. The molecule has 76 valence electrons. The van der Waals surface area contributed by atoms with Crippen molar-refractivity contribution < 1.29 is 4.74 Å². The van der Waals surface area contributed by atoms with Gasteiger partial charge in [-0.2, -0.15) is 0 Å². The Morgan fingerprint density at radius 1 is 1.57 bits per heavy atom. The number of nitrogens with one attached hydrogen (secondary N) is 1. The van der Waals surface area contributed by atoms with E-state index in [-0.39, 0.29) is 0 Å². The Hall–Kier alpha value is -0.930. The van der Waals surface area contributed by atoms with Gasteiger partial charge >= 0.3 is 0 Å². The Labute approximate surface area is 84.5 Å². The van der Waals surface area contributed by atoms with E-state index >= 15 is 0 Å². The third-order valence-electron chi connectivity index (χ3n) is 2.45. The lowest BCUT2D eigenvalue weighted by Crippen LogP contribution is -2.25. The molecule has 0 spiro atoms. The second-order valence-electron chi connectivity index (χ2n) is 3.63. The molecule has 0 aliphatic carbocycles. The van der Waals surface area contributed by atoms with E-state index in [1.807, 2.05) is 12.3 Å². The number of aromatic nitrogens is 1. The van der Waals surface area contributed by atoms with Crippen molar-refractivity contribution in [2.45, 2.75) is 25.5 Å². The molecule has 14 heavy (non-hydrogen) atoms. The van der Waals surface area contributed by atoms with Crippen LogP contribution in [0.2, 0.25) is 0 Å². The summed E-state index contributed by atoms with van der Waals surface area (Å²) >= 11 is 0. The normalized spacial score (nSPS) is 21.3. The molecule has 1 N–H and O–H groups in total. The lowest BCUT2D eigenvalue weighted by molar-refractivity contribution is 0.110. The van der Waals surface area contributed by atoms with Crippen molar-refractivity contribution in [2.24, 2.45) is 0 Å². The summed E-state index contributed by atoms with van der Waals surface area (Å²) in [4.78, 5) is 4.06. The smallest absolute Gasteiger partial charge is 0.0700 e. The number of ether oxygens (including phenoxy) is 1. The van der Waals surface area contributed by atoms with E-state index in [9.17, 15) is 0 Å². The molecule has 3 nitrogen and oxygen atoms in total. The minimum absolute atomic E-state index is 0.423. The van der Waals surface area contributed by atoms with Crippen molar-refractivity contribution >= 4 is 0 Å². The molecule has 1 aliphatic rings. The van der Waals surface area contributed by atoms with E-state index in [1.165, 1.54) is 18.4 Å². The average Bonchev–Trinajstić information content (AvgIpc) is 2.72. The summed E-state index contributed by atoms with van der Waals surface area (Å²) in [5.41, 5.74) is 1.23. The molecule has 2 heterocycles. The van der Waals surface area contributed by atoms with Crippen LogP contribution in [0.3, 0.4) is 0 Å². The number of pyridine rings is 1. The monoisotopic (exact) mass is 192 g/mol. The summed E-state index contributed by atoms with van der Waals surface area (Å²) in [5.74, 6) is 0. The lowest BCUT2D eigenvalue weighted by atomic mass is 10.2. The molecule has 3 heteroatoms. The van der Waals surface area contributed by atoms with Crippen LogP contribution in [0, 0.1) is 0 Å². The fraction of sp³-hybridized carbons (Fsp3) is 0.545. The quantitative estimate of drug-likeness (QED) is 0.782. The van der Waals surface area contributed by atoms with Gasteiger partial charge in [0.25, 0.3) is 0 Å². The van der Waals surface area contributed by atoms with Crippen LogP contribution >= 0.6 is 0 Å². The molecule has 0 radical (unpaired) electrons. The summed E-state index contributed by atoms with van der Waals surface area (Å²) in [6, 6.07) is 4.04. The van der Waals surface area contributed by atoms with E-state index in [4.69, 9.17) is 4.74 Å². The molecule has 1 aromatic heterocycles. The number of hydrogen-bond donors (Lipinski definition) is 1. The third-order valence-corrected chi connectivity index (χ3v) is 2.45. The van der Waals surface area contributed by atoms with Gasteiger partial charge in [-0.15, -0.1) is 0 Å². The van der Waals surface area contributed by atoms with Crippen molar-refractivity contribution in [3.05, 3.63) is 30.1 Å². The van der Waals surface area contributed by atoms with Gasteiger partial charge in [0.15, 0.2) is 0 Å². The maximum atomic E-state index is 5.51. The van der Waals surface area contributed by atoms with E-state index in [0.717, 1.165) is 19.7 Å². The maximum absolute atomic E-state index is 5.51. The fourth-order valence-electron chi connectivity index (χ4n) is 1.69. The SMILES string of the molecule is c1cncc(CNC[C@@H]2CCCO2)c1. The zero-order valence-electron chi connectivity index (χ0n) is 8.28. The average molecular weight is 192 g/mol. The molecule has 0 bridgehead atoms. The van der Waals surface area contributed by atoms with E-state index in [0.29, 0.717) is 6.10 Å². The van der Waals surface area contributed by atoms with Crippen molar-refractivity contribution in [3.8, 4) is 0 Å². The molecular formula is C11H16N2O. The van der Waals surface area contributed by atoms with Crippen LogP contribution in [0.4, 0.5) is 0 Å². The highest BCUT2D eigenvalue weighted by Crippen LogP contribution is 2.10. The summed E-state index contributed by atoms with van der Waals surface area (Å²) in [6.07, 6.45) is 6.51. The second kappa shape index (κ2) is 5.08. The summed E-state index contributed by atoms with van der Waals surface area (Å²) < 4.78 is 5.51. The van der Waals surface area contributed by atoms with Gasteiger partial charge in [-0.1, -0.05) is 6.07 Å². The van der Waals surface area contributed by atoms with Crippen LogP contribution in [0.15, 0.2) is 24.5 Å². The van der Waals surface area contributed by atoms with Crippen LogP contribution < -0.4 is 5.32 Å². The molecule has 2 rings (SSSR count). The minimum atomic E-state index is 0.423. The first kappa shape index (κ1) is 9.62. The van der Waals surface area contributed by atoms with Gasteiger partial charge in [0.2, 0.25) is 0 Å². The van der Waals surface area contributed by atoms with Crippen LogP contribution in [-0.4, -0.2) is 24.2 Å². The maximum Gasteiger partial charge on any atom is 0.0700 e.